The van der Waals surface area contributed by atoms with Gasteiger partial charge >= 0.3 is 0 Å². The third kappa shape index (κ3) is 5.60. The molecular weight excluding hydrogens is 693 g/mol. The predicted molar refractivity (Wildman–Crippen MR) is 241 cm³/mol. The summed E-state index contributed by atoms with van der Waals surface area (Å²) in [7, 11) is 0. The molecule has 11 aromatic rings. The first-order chi connectivity index (χ1) is 28.3. The summed E-state index contributed by atoms with van der Waals surface area (Å²) in [6.45, 7) is 0. The first kappa shape index (κ1) is 32.8. The topological polar surface area (TPSA) is 15.7 Å². The van der Waals surface area contributed by atoms with Gasteiger partial charge in [0.25, 0.3) is 0 Å². The minimum absolute atomic E-state index is 0.772. The monoisotopic (exact) mass is 728 g/mol. The Bertz CT molecular complexity index is 3180. The highest BCUT2D eigenvalue weighted by atomic mass is 16.5. The van der Waals surface area contributed by atoms with Gasteiger partial charge in [-0.05, 0) is 105 Å². The molecule has 0 saturated carbocycles. The molecule has 0 bridgehead atoms. The van der Waals surface area contributed by atoms with Gasteiger partial charge in [-0.2, -0.15) is 0 Å². The molecule has 11 aromatic carbocycles. The maximum atomic E-state index is 6.93. The zero-order valence-electron chi connectivity index (χ0n) is 31.1. The van der Waals surface area contributed by atoms with E-state index in [4.69, 9.17) is 4.74 Å². The van der Waals surface area contributed by atoms with Crippen molar-refractivity contribution in [3.8, 4) is 11.5 Å². The summed E-state index contributed by atoms with van der Waals surface area (Å²) in [5, 5.41) is 12.0. The van der Waals surface area contributed by atoms with Crippen molar-refractivity contribution in [2.24, 2.45) is 0 Å². The highest BCUT2D eigenvalue weighted by molar-refractivity contribution is 6.27. The van der Waals surface area contributed by atoms with E-state index >= 15 is 0 Å². The Morgan fingerprint density at radius 1 is 0.281 bits per heavy atom. The maximum absolute atomic E-state index is 6.93. The zero-order valence-corrected chi connectivity index (χ0v) is 31.1. The second-order valence-corrected chi connectivity index (χ2v) is 14.5. The Balaban J connectivity index is 1.05. The van der Waals surface area contributed by atoms with Crippen molar-refractivity contribution in [3.05, 3.63) is 218 Å². The van der Waals surface area contributed by atoms with Crippen LogP contribution in [-0.2, 0) is 0 Å². The highest BCUT2D eigenvalue weighted by Crippen LogP contribution is 2.47. The molecule has 0 aromatic heterocycles. The fourth-order valence-corrected chi connectivity index (χ4v) is 8.66. The van der Waals surface area contributed by atoms with E-state index in [-0.39, 0.29) is 0 Å². The normalized spacial score (nSPS) is 11.5. The molecule has 0 saturated heterocycles. The molecule has 0 radical (unpaired) electrons. The number of nitrogens with zero attached hydrogens (tertiary/aromatic N) is 2. The lowest BCUT2D eigenvalue weighted by Gasteiger charge is -2.28. The van der Waals surface area contributed by atoms with Crippen LogP contribution in [0.2, 0.25) is 0 Å². The van der Waals surface area contributed by atoms with Crippen LogP contribution >= 0.6 is 0 Å². The molecule has 0 unspecified atom stereocenters. The van der Waals surface area contributed by atoms with Gasteiger partial charge in [-0.3, -0.25) is 0 Å². The van der Waals surface area contributed by atoms with Crippen molar-refractivity contribution in [3.63, 3.8) is 0 Å². The Morgan fingerprint density at radius 3 is 1.47 bits per heavy atom. The summed E-state index contributed by atoms with van der Waals surface area (Å²) < 4.78 is 6.93. The molecule has 0 amide bonds. The number of anilines is 6. The predicted octanol–water partition coefficient (Wildman–Crippen LogP) is 15.6. The second-order valence-electron chi connectivity index (χ2n) is 14.5. The van der Waals surface area contributed by atoms with Gasteiger partial charge in [0.15, 0.2) is 0 Å². The highest BCUT2D eigenvalue weighted by Gasteiger charge is 2.21. The molecule has 3 nitrogen and oxygen atoms in total. The van der Waals surface area contributed by atoms with Gasteiger partial charge in [0.2, 0.25) is 0 Å². The Hall–Kier alpha value is -7.62. The first-order valence-electron chi connectivity index (χ1n) is 19.4. The standard InChI is InChI=1S/C54H36N2O/c1-4-16-40(17-5-1)55(41-18-6-2-7-19-41)50-33-29-37-28-32-49-52(34-30-38-27-31-48(50)53(37)54(38)49)57-44-23-14-22-43(36-44)56(42-20-8-3-9-21-42)51-35-39-15-10-11-24-45(39)46-25-12-13-26-47(46)51/h1-36H. The number of benzene rings is 11. The molecule has 0 N–H and O–H groups in total. The summed E-state index contributed by atoms with van der Waals surface area (Å²) in [4.78, 5) is 4.70. The third-order valence-corrected chi connectivity index (χ3v) is 11.2. The summed E-state index contributed by atoms with van der Waals surface area (Å²) in [5.41, 5.74) is 6.58. The van der Waals surface area contributed by atoms with Crippen molar-refractivity contribution in [2.45, 2.75) is 0 Å². The Morgan fingerprint density at radius 2 is 0.789 bits per heavy atom. The first-order valence-corrected chi connectivity index (χ1v) is 19.4. The quantitative estimate of drug-likeness (QED) is 0.145. The Labute approximate surface area is 331 Å². The van der Waals surface area contributed by atoms with E-state index in [1.54, 1.807) is 0 Å². The van der Waals surface area contributed by atoms with Gasteiger partial charge in [0.05, 0.1) is 11.4 Å². The number of rotatable bonds is 8. The van der Waals surface area contributed by atoms with Crippen LogP contribution in [0.15, 0.2) is 218 Å². The van der Waals surface area contributed by atoms with E-state index in [0.29, 0.717) is 0 Å². The minimum atomic E-state index is 0.772. The molecule has 57 heavy (non-hydrogen) atoms. The average Bonchev–Trinajstić information content (AvgIpc) is 3.28. The number of para-hydroxylation sites is 3. The van der Waals surface area contributed by atoms with Crippen LogP contribution in [0.4, 0.5) is 34.1 Å². The molecule has 0 aliphatic carbocycles. The van der Waals surface area contributed by atoms with E-state index < -0.39 is 0 Å². The zero-order chi connectivity index (χ0) is 37.7. The van der Waals surface area contributed by atoms with Crippen molar-refractivity contribution in [2.75, 3.05) is 9.80 Å². The van der Waals surface area contributed by atoms with Crippen LogP contribution in [0.3, 0.4) is 0 Å². The lowest BCUT2D eigenvalue weighted by Crippen LogP contribution is -2.10. The van der Waals surface area contributed by atoms with E-state index in [9.17, 15) is 0 Å². The minimum Gasteiger partial charge on any atom is -0.457 e. The summed E-state index contributed by atoms with van der Waals surface area (Å²) in [5.74, 6) is 1.60. The molecule has 0 heterocycles. The van der Waals surface area contributed by atoms with Crippen molar-refractivity contribution < 1.29 is 4.74 Å². The summed E-state index contributed by atoms with van der Waals surface area (Å²) >= 11 is 0. The van der Waals surface area contributed by atoms with Gasteiger partial charge in [0.1, 0.15) is 11.5 Å². The van der Waals surface area contributed by atoms with Crippen LogP contribution < -0.4 is 14.5 Å². The summed E-state index contributed by atoms with van der Waals surface area (Å²) in [6, 6.07) is 77.7. The molecule has 0 spiro atoms. The van der Waals surface area contributed by atoms with Crippen molar-refractivity contribution >= 4 is 88.0 Å². The number of ether oxygens (including phenoxy) is 1. The van der Waals surface area contributed by atoms with Gasteiger partial charge < -0.3 is 14.5 Å². The smallest absolute Gasteiger partial charge is 0.135 e. The maximum Gasteiger partial charge on any atom is 0.135 e. The molecule has 0 atom stereocenters. The third-order valence-electron chi connectivity index (χ3n) is 11.2. The fourth-order valence-electron chi connectivity index (χ4n) is 8.66. The molecule has 268 valence electrons. The van der Waals surface area contributed by atoms with Crippen molar-refractivity contribution in [1.29, 1.82) is 0 Å². The lowest BCUT2D eigenvalue weighted by atomic mass is 9.92. The Kier molecular flexibility index (Phi) is 7.82. The molecule has 0 fully saturated rings. The van der Waals surface area contributed by atoms with Gasteiger partial charge in [-0.15, -0.1) is 0 Å². The van der Waals surface area contributed by atoms with Crippen molar-refractivity contribution in [1.82, 2.24) is 0 Å². The largest absolute Gasteiger partial charge is 0.457 e. The fraction of sp³-hybridized carbons (Fsp3) is 0. The van der Waals surface area contributed by atoms with E-state index in [0.717, 1.165) is 51.0 Å². The van der Waals surface area contributed by atoms with Gasteiger partial charge in [-0.25, -0.2) is 0 Å². The van der Waals surface area contributed by atoms with Crippen LogP contribution in [0.5, 0.6) is 11.5 Å². The van der Waals surface area contributed by atoms with Crippen LogP contribution in [0, 0.1) is 0 Å². The number of fused-ring (bicyclic) bond motifs is 3. The molecule has 0 aliphatic heterocycles. The van der Waals surface area contributed by atoms with Crippen LogP contribution in [-0.4, -0.2) is 0 Å². The second kappa shape index (κ2) is 13.6. The van der Waals surface area contributed by atoms with E-state index in [2.05, 4.69) is 228 Å². The van der Waals surface area contributed by atoms with Crippen LogP contribution in [0.25, 0.3) is 53.9 Å². The number of hydrogen-bond acceptors (Lipinski definition) is 3. The average molecular weight is 729 g/mol. The molecule has 11 rings (SSSR count). The van der Waals surface area contributed by atoms with Gasteiger partial charge in [0, 0.05) is 50.4 Å². The van der Waals surface area contributed by atoms with E-state index in [1.165, 1.54) is 48.5 Å². The van der Waals surface area contributed by atoms with Gasteiger partial charge in [-0.1, -0.05) is 140 Å². The molecule has 0 aliphatic rings. The SMILES string of the molecule is c1ccc(N(c2cccc(Oc3ccc4ccc5c(N(c6ccccc6)c6ccccc6)ccc6ccc3c4c65)c2)c2cc3ccccc3c3ccccc23)cc1. The van der Waals surface area contributed by atoms with Crippen LogP contribution in [0.1, 0.15) is 0 Å². The summed E-state index contributed by atoms with van der Waals surface area (Å²) in [6.07, 6.45) is 0. The molecular formula is C54H36N2O. The molecule has 3 heteroatoms. The van der Waals surface area contributed by atoms with E-state index in [1.807, 2.05) is 0 Å². The number of hydrogen-bond donors (Lipinski definition) is 0. The lowest BCUT2D eigenvalue weighted by molar-refractivity contribution is 0.488.